The molecule has 0 aliphatic carbocycles. The first-order valence-electron chi connectivity index (χ1n) is 3.96. The van der Waals surface area contributed by atoms with Crippen molar-refractivity contribution in [3.8, 4) is 5.75 Å². The maximum absolute atomic E-state index is 10.6. The predicted octanol–water partition coefficient (Wildman–Crippen LogP) is 3.72. The Kier molecular flexibility index (Phi) is 4.43. The Morgan fingerprint density at radius 2 is 2.13 bits per heavy atom. The molecular weight excluding hydrogens is 351 g/mol. The van der Waals surface area contributed by atoms with Crippen LogP contribution in [0.4, 0.5) is 0 Å². The number of aliphatic carboxylic acids is 1. The van der Waals surface area contributed by atoms with Gasteiger partial charge in [0, 0.05) is 4.47 Å². The van der Waals surface area contributed by atoms with Crippen molar-refractivity contribution >= 4 is 49.4 Å². The molecule has 1 N–H and O–H groups in total. The van der Waals surface area contributed by atoms with Crippen molar-refractivity contribution in [1.82, 2.24) is 0 Å². The molecule has 1 atom stereocenters. The van der Waals surface area contributed by atoms with Crippen LogP contribution in [-0.2, 0) is 4.79 Å². The number of carboxylic acids is 1. The Bertz CT molecular complexity index is 372. The van der Waals surface area contributed by atoms with E-state index in [1.807, 2.05) is 0 Å². The van der Waals surface area contributed by atoms with Crippen LogP contribution >= 0.6 is 43.5 Å². The first kappa shape index (κ1) is 12.8. The predicted molar refractivity (Wildman–Crippen MR) is 64.6 cm³/mol. The lowest BCUT2D eigenvalue weighted by Gasteiger charge is -2.13. The second-order valence-electron chi connectivity index (χ2n) is 2.80. The molecule has 0 fully saturated rings. The molecule has 0 aliphatic heterocycles. The highest BCUT2D eigenvalue weighted by Gasteiger charge is 2.17. The van der Waals surface area contributed by atoms with Gasteiger partial charge in [0.1, 0.15) is 0 Å². The van der Waals surface area contributed by atoms with E-state index in [2.05, 4.69) is 31.9 Å². The number of hydrogen-bond donors (Lipinski definition) is 1. The van der Waals surface area contributed by atoms with Crippen LogP contribution in [0.25, 0.3) is 0 Å². The van der Waals surface area contributed by atoms with Gasteiger partial charge in [-0.2, -0.15) is 0 Å². The van der Waals surface area contributed by atoms with E-state index in [9.17, 15) is 4.79 Å². The van der Waals surface area contributed by atoms with Gasteiger partial charge in [0.15, 0.2) is 11.9 Å². The van der Waals surface area contributed by atoms with E-state index in [4.69, 9.17) is 21.4 Å². The highest BCUT2D eigenvalue weighted by Crippen LogP contribution is 2.36. The lowest BCUT2D eigenvalue weighted by molar-refractivity contribution is -0.144. The second-order valence-corrected chi connectivity index (χ2v) is 4.97. The molecule has 0 saturated heterocycles. The minimum absolute atomic E-state index is 0.328. The van der Waals surface area contributed by atoms with E-state index in [1.165, 1.54) is 6.92 Å². The molecule has 0 spiro atoms. The van der Waals surface area contributed by atoms with E-state index >= 15 is 0 Å². The molecule has 0 radical (unpaired) electrons. The van der Waals surface area contributed by atoms with E-state index in [0.717, 1.165) is 4.47 Å². The third-order valence-corrected chi connectivity index (χ3v) is 2.93. The highest BCUT2D eigenvalue weighted by molar-refractivity contribution is 9.11. The maximum Gasteiger partial charge on any atom is 0.344 e. The fraction of sp³-hybridized carbons (Fsp3) is 0.222. The van der Waals surface area contributed by atoms with Gasteiger partial charge < -0.3 is 9.84 Å². The summed E-state index contributed by atoms with van der Waals surface area (Å²) in [6.45, 7) is 1.44. The standard InChI is InChI=1S/C9H7Br2ClO3/c1-4(9(13)14)15-8-6(11)2-5(10)3-7(8)12/h2-4H,1H3,(H,13,14). The minimum atomic E-state index is -1.04. The third kappa shape index (κ3) is 3.36. The summed E-state index contributed by atoms with van der Waals surface area (Å²) in [6.07, 6.45) is -0.944. The van der Waals surface area contributed by atoms with E-state index in [-0.39, 0.29) is 0 Å². The van der Waals surface area contributed by atoms with Gasteiger partial charge in [0.05, 0.1) is 9.50 Å². The Morgan fingerprint density at radius 3 is 2.60 bits per heavy atom. The Labute approximate surface area is 109 Å². The lowest BCUT2D eigenvalue weighted by Crippen LogP contribution is -2.23. The zero-order valence-corrected chi connectivity index (χ0v) is 11.6. The molecule has 0 amide bonds. The summed E-state index contributed by atoms with van der Waals surface area (Å²) >= 11 is 12.4. The van der Waals surface area contributed by atoms with Gasteiger partial charge in [-0.05, 0) is 35.0 Å². The molecule has 0 heterocycles. The number of ether oxygens (including phenoxy) is 1. The molecule has 0 bridgehead atoms. The summed E-state index contributed by atoms with van der Waals surface area (Å²) in [7, 11) is 0. The average molecular weight is 358 g/mol. The number of carboxylic acid groups (broad SMARTS) is 1. The summed E-state index contributed by atoms with van der Waals surface area (Å²) in [5.41, 5.74) is 0. The number of hydrogen-bond acceptors (Lipinski definition) is 2. The fourth-order valence-electron chi connectivity index (χ4n) is 0.869. The van der Waals surface area contributed by atoms with Gasteiger partial charge in [-0.15, -0.1) is 0 Å². The van der Waals surface area contributed by atoms with E-state index in [1.54, 1.807) is 12.1 Å². The number of carbonyl (C=O) groups is 1. The number of benzene rings is 1. The summed E-state index contributed by atoms with van der Waals surface area (Å²) < 4.78 is 6.59. The molecule has 0 aliphatic rings. The van der Waals surface area contributed by atoms with Crippen molar-refractivity contribution < 1.29 is 14.6 Å². The minimum Gasteiger partial charge on any atom is -0.479 e. The lowest BCUT2D eigenvalue weighted by atomic mass is 10.3. The van der Waals surface area contributed by atoms with Crippen LogP contribution in [0.15, 0.2) is 21.1 Å². The molecule has 1 unspecified atom stereocenters. The first-order valence-corrected chi connectivity index (χ1v) is 5.92. The molecular formula is C9H7Br2ClO3. The summed E-state index contributed by atoms with van der Waals surface area (Å²) in [6, 6.07) is 3.37. The molecule has 82 valence electrons. The van der Waals surface area contributed by atoms with Crippen LogP contribution in [0.1, 0.15) is 6.92 Å². The molecule has 0 aromatic heterocycles. The molecule has 1 aromatic rings. The van der Waals surface area contributed by atoms with Gasteiger partial charge in [0.25, 0.3) is 0 Å². The van der Waals surface area contributed by atoms with Crippen molar-refractivity contribution in [1.29, 1.82) is 0 Å². The highest BCUT2D eigenvalue weighted by atomic mass is 79.9. The van der Waals surface area contributed by atoms with Gasteiger partial charge >= 0.3 is 5.97 Å². The Hall–Kier alpha value is -0.260. The smallest absolute Gasteiger partial charge is 0.344 e. The van der Waals surface area contributed by atoms with Crippen LogP contribution < -0.4 is 4.74 Å². The van der Waals surface area contributed by atoms with Gasteiger partial charge in [-0.25, -0.2) is 4.79 Å². The molecule has 6 heteroatoms. The Balaban J connectivity index is 3.00. The van der Waals surface area contributed by atoms with E-state index in [0.29, 0.717) is 15.2 Å². The van der Waals surface area contributed by atoms with Crippen LogP contribution in [0.5, 0.6) is 5.75 Å². The van der Waals surface area contributed by atoms with Crippen molar-refractivity contribution in [3.63, 3.8) is 0 Å². The first-order chi connectivity index (χ1) is 6.91. The summed E-state index contributed by atoms with van der Waals surface area (Å²) in [4.78, 5) is 10.6. The van der Waals surface area contributed by atoms with Crippen molar-refractivity contribution in [2.75, 3.05) is 0 Å². The van der Waals surface area contributed by atoms with Crippen molar-refractivity contribution in [3.05, 3.63) is 26.1 Å². The van der Waals surface area contributed by atoms with Crippen LogP contribution in [-0.4, -0.2) is 17.2 Å². The molecule has 1 rings (SSSR count). The quantitative estimate of drug-likeness (QED) is 0.896. The number of halogens is 3. The van der Waals surface area contributed by atoms with Gasteiger partial charge in [0.2, 0.25) is 0 Å². The zero-order valence-electron chi connectivity index (χ0n) is 7.63. The molecule has 0 saturated carbocycles. The van der Waals surface area contributed by atoms with Crippen molar-refractivity contribution in [2.24, 2.45) is 0 Å². The summed E-state index contributed by atoms with van der Waals surface area (Å²) in [5.74, 6) is -0.712. The van der Waals surface area contributed by atoms with Crippen LogP contribution in [0.3, 0.4) is 0 Å². The topological polar surface area (TPSA) is 46.5 Å². The summed E-state index contributed by atoms with van der Waals surface area (Å²) in [5, 5.41) is 9.04. The Morgan fingerprint density at radius 1 is 1.53 bits per heavy atom. The normalized spacial score (nSPS) is 12.3. The maximum atomic E-state index is 10.6. The molecule has 1 aromatic carbocycles. The third-order valence-electron chi connectivity index (χ3n) is 1.61. The van der Waals surface area contributed by atoms with Gasteiger partial charge in [-0.3, -0.25) is 0 Å². The van der Waals surface area contributed by atoms with Crippen molar-refractivity contribution in [2.45, 2.75) is 13.0 Å². The largest absolute Gasteiger partial charge is 0.479 e. The van der Waals surface area contributed by atoms with Gasteiger partial charge in [-0.1, -0.05) is 27.5 Å². The van der Waals surface area contributed by atoms with Crippen LogP contribution in [0, 0.1) is 0 Å². The average Bonchev–Trinajstić information content (AvgIpc) is 2.10. The van der Waals surface area contributed by atoms with E-state index < -0.39 is 12.1 Å². The molecule has 15 heavy (non-hydrogen) atoms. The van der Waals surface area contributed by atoms with Crippen LogP contribution in [0.2, 0.25) is 5.02 Å². The SMILES string of the molecule is CC(Oc1c(Cl)cc(Br)cc1Br)C(=O)O. The molecule has 3 nitrogen and oxygen atoms in total. The fourth-order valence-corrected chi connectivity index (χ4v) is 2.70. The zero-order chi connectivity index (χ0) is 11.6. The monoisotopic (exact) mass is 356 g/mol. The second kappa shape index (κ2) is 5.18. The number of rotatable bonds is 3.